The summed E-state index contributed by atoms with van der Waals surface area (Å²) < 4.78 is 5.31. The third-order valence-electron chi connectivity index (χ3n) is 2.72. The Bertz CT molecular complexity index is 263. The van der Waals surface area contributed by atoms with E-state index in [0.29, 0.717) is 6.61 Å². The van der Waals surface area contributed by atoms with Gasteiger partial charge >= 0.3 is 0 Å². The smallest absolute Gasteiger partial charge is 0.0884 e. The van der Waals surface area contributed by atoms with Crippen molar-refractivity contribution in [2.75, 3.05) is 13.2 Å². The SMILES string of the molecule is OC1(CCc2cccs2)CCCOC1. The van der Waals surface area contributed by atoms with Crippen LogP contribution in [0.25, 0.3) is 0 Å². The topological polar surface area (TPSA) is 29.5 Å². The highest BCUT2D eigenvalue weighted by molar-refractivity contribution is 7.09. The van der Waals surface area contributed by atoms with E-state index in [1.165, 1.54) is 4.88 Å². The monoisotopic (exact) mass is 212 g/mol. The standard InChI is InChI=1S/C11H16O2S/c12-11(5-2-7-13-9-11)6-4-10-3-1-8-14-10/h1,3,8,12H,2,4-7,9H2. The fraction of sp³-hybridized carbons (Fsp3) is 0.636. The molecule has 1 aliphatic rings. The van der Waals surface area contributed by atoms with Crippen molar-refractivity contribution in [2.45, 2.75) is 31.3 Å². The van der Waals surface area contributed by atoms with Crippen molar-refractivity contribution in [3.05, 3.63) is 22.4 Å². The fourth-order valence-electron chi connectivity index (χ4n) is 1.85. The molecule has 0 amide bonds. The molecule has 0 saturated carbocycles. The largest absolute Gasteiger partial charge is 0.387 e. The van der Waals surface area contributed by atoms with E-state index in [0.717, 1.165) is 32.3 Å². The van der Waals surface area contributed by atoms with E-state index < -0.39 is 5.60 Å². The summed E-state index contributed by atoms with van der Waals surface area (Å²) in [7, 11) is 0. The van der Waals surface area contributed by atoms with E-state index in [4.69, 9.17) is 4.74 Å². The van der Waals surface area contributed by atoms with Crippen molar-refractivity contribution in [3.8, 4) is 0 Å². The van der Waals surface area contributed by atoms with Gasteiger partial charge in [-0.15, -0.1) is 11.3 Å². The lowest BCUT2D eigenvalue weighted by molar-refractivity contribution is -0.0892. The molecule has 1 aromatic rings. The Morgan fingerprint density at radius 1 is 1.57 bits per heavy atom. The molecule has 0 spiro atoms. The lowest BCUT2D eigenvalue weighted by atomic mass is 9.91. The molecule has 1 atom stereocenters. The molecule has 2 rings (SSSR count). The molecule has 1 aliphatic heterocycles. The van der Waals surface area contributed by atoms with Crippen molar-refractivity contribution in [3.63, 3.8) is 0 Å². The minimum Gasteiger partial charge on any atom is -0.387 e. The van der Waals surface area contributed by atoms with Crippen molar-refractivity contribution in [1.82, 2.24) is 0 Å². The van der Waals surface area contributed by atoms with Crippen LogP contribution >= 0.6 is 11.3 Å². The van der Waals surface area contributed by atoms with Gasteiger partial charge in [-0.3, -0.25) is 0 Å². The van der Waals surface area contributed by atoms with E-state index in [1.807, 2.05) is 0 Å². The quantitative estimate of drug-likeness (QED) is 0.832. The second kappa shape index (κ2) is 4.43. The lowest BCUT2D eigenvalue weighted by Gasteiger charge is -2.31. The average molecular weight is 212 g/mol. The third kappa shape index (κ3) is 2.56. The highest BCUT2D eigenvalue weighted by atomic mass is 32.1. The van der Waals surface area contributed by atoms with E-state index in [9.17, 15) is 5.11 Å². The molecule has 1 fully saturated rings. The molecular formula is C11H16O2S. The van der Waals surface area contributed by atoms with Crippen LogP contribution in [0.1, 0.15) is 24.1 Å². The third-order valence-corrected chi connectivity index (χ3v) is 3.65. The number of hydrogen-bond donors (Lipinski definition) is 1. The molecule has 0 aromatic carbocycles. The first kappa shape index (κ1) is 10.1. The Labute approximate surface area is 88.5 Å². The summed E-state index contributed by atoms with van der Waals surface area (Å²) in [5.74, 6) is 0. The van der Waals surface area contributed by atoms with Gasteiger partial charge in [-0.2, -0.15) is 0 Å². The molecule has 0 radical (unpaired) electrons. The number of ether oxygens (including phenoxy) is 1. The summed E-state index contributed by atoms with van der Waals surface area (Å²) in [6, 6.07) is 4.18. The minimum absolute atomic E-state index is 0.512. The summed E-state index contributed by atoms with van der Waals surface area (Å²) in [5.41, 5.74) is -0.567. The van der Waals surface area contributed by atoms with Crippen molar-refractivity contribution >= 4 is 11.3 Å². The maximum absolute atomic E-state index is 10.1. The van der Waals surface area contributed by atoms with Crippen LogP contribution in [0.2, 0.25) is 0 Å². The Hall–Kier alpha value is -0.380. The molecule has 2 nitrogen and oxygen atoms in total. The number of hydrogen-bond acceptors (Lipinski definition) is 3. The lowest BCUT2D eigenvalue weighted by Crippen LogP contribution is -2.38. The highest BCUT2D eigenvalue weighted by Gasteiger charge is 2.29. The van der Waals surface area contributed by atoms with Crippen LogP contribution in [-0.4, -0.2) is 23.9 Å². The minimum atomic E-state index is -0.567. The molecule has 0 bridgehead atoms. The molecule has 1 unspecified atom stereocenters. The molecule has 2 heterocycles. The van der Waals surface area contributed by atoms with Gasteiger partial charge in [0.2, 0.25) is 0 Å². The molecule has 78 valence electrons. The maximum Gasteiger partial charge on any atom is 0.0884 e. The summed E-state index contributed by atoms with van der Waals surface area (Å²) in [6.45, 7) is 1.32. The Morgan fingerprint density at radius 3 is 3.14 bits per heavy atom. The first-order valence-electron chi connectivity index (χ1n) is 5.11. The van der Waals surface area contributed by atoms with Crippen LogP contribution in [-0.2, 0) is 11.2 Å². The first-order valence-corrected chi connectivity index (χ1v) is 5.99. The Morgan fingerprint density at radius 2 is 2.50 bits per heavy atom. The molecule has 1 saturated heterocycles. The van der Waals surface area contributed by atoms with Crippen LogP contribution in [0.3, 0.4) is 0 Å². The van der Waals surface area contributed by atoms with Gasteiger partial charge in [0.25, 0.3) is 0 Å². The van der Waals surface area contributed by atoms with E-state index >= 15 is 0 Å². The second-order valence-corrected chi connectivity index (χ2v) is 4.99. The summed E-state index contributed by atoms with van der Waals surface area (Å²) >= 11 is 1.76. The molecule has 14 heavy (non-hydrogen) atoms. The predicted octanol–water partition coefficient (Wildman–Crippen LogP) is 2.22. The van der Waals surface area contributed by atoms with Crippen molar-refractivity contribution in [2.24, 2.45) is 0 Å². The zero-order valence-electron chi connectivity index (χ0n) is 8.24. The molecule has 1 N–H and O–H groups in total. The van der Waals surface area contributed by atoms with Gasteiger partial charge in [0.05, 0.1) is 12.2 Å². The molecular weight excluding hydrogens is 196 g/mol. The maximum atomic E-state index is 10.1. The van der Waals surface area contributed by atoms with Gasteiger partial charge in [0, 0.05) is 11.5 Å². The van der Waals surface area contributed by atoms with Crippen LogP contribution < -0.4 is 0 Å². The van der Waals surface area contributed by atoms with Crippen molar-refractivity contribution in [1.29, 1.82) is 0 Å². The fourth-order valence-corrected chi connectivity index (χ4v) is 2.55. The van der Waals surface area contributed by atoms with E-state index in [1.54, 1.807) is 11.3 Å². The Kier molecular flexibility index (Phi) is 3.21. The van der Waals surface area contributed by atoms with Crippen LogP contribution in [0.5, 0.6) is 0 Å². The van der Waals surface area contributed by atoms with Gasteiger partial charge in [-0.1, -0.05) is 6.07 Å². The average Bonchev–Trinajstić information content (AvgIpc) is 2.69. The normalized spacial score (nSPS) is 27.8. The van der Waals surface area contributed by atoms with Gasteiger partial charge in [0.15, 0.2) is 0 Å². The predicted molar refractivity (Wildman–Crippen MR) is 57.6 cm³/mol. The summed E-state index contributed by atoms with van der Waals surface area (Å²) in [4.78, 5) is 1.35. The van der Waals surface area contributed by atoms with Crippen LogP contribution in [0, 0.1) is 0 Å². The van der Waals surface area contributed by atoms with E-state index in [-0.39, 0.29) is 0 Å². The number of aryl methyl sites for hydroxylation is 1. The molecule has 1 aromatic heterocycles. The van der Waals surface area contributed by atoms with Crippen LogP contribution in [0.4, 0.5) is 0 Å². The summed E-state index contributed by atoms with van der Waals surface area (Å²) in [5, 5.41) is 12.2. The zero-order valence-corrected chi connectivity index (χ0v) is 9.05. The number of thiophene rings is 1. The van der Waals surface area contributed by atoms with Gasteiger partial charge in [-0.05, 0) is 37.1 Å². The summed E-state index contributed by atoms with van der Waals surface area (Å²) in [6.07, 6.45) is 3.67. The van der Waals surface area contributed by atoms with Crippen molar-refractivity contribution < 1.29 is 9.84 Å². The Balaban J connectivity index is 1.84. The van der Waals surface area contributed by atoms with Gasteiger partial charge < -0.3 is 9.84 Å². The molecule has 0 aliphatic carbocycles. The van der Waals surface area contributed by atoms with Crippen LogP contribution in [0.15, 0.2) is 17.5 Å². The van der Waals surface area contributed by atoms with Gasteiger partial charge in [0.1, 0.15) is 0 Å². The first-order chi connectivity index (χ1) is 6.79. The number of rotatable bonds is 3. The number of aliphatic hydroxyl groups is 1. The van der Waals surface area contributed by atoms with Gasteiger partial charge in [-0.25, -0.2) is 0 Å². The van der Waals surface area contributed by atoms with E-state index in [2.05, 4.69) is 17.5 Å². The highest BCUT2D eigenvalue weighted by Crippen LogP contribution is 2.25. The molecule has 3 heteroatoms. The zero-order chi connectivity index (χ0) is 9.86. The second-order valence-electron chi connectivity index (χ2n) is 3.96.